The number of esters is 5. The van der Waals surface area contributed by atoms with Crippen LogP contribution in [0.15, 0.2) is 0 Å². The molecule has 0 aliphatic carbocycles. The first kappa shape index (κ1) is 96.1. The first-order valence-corrected chi connectivity index (χ1v) is 34.1. The highest BCUT2D eigenvalue weighted by Crippen LogP contribution is 2.26. The average molecular weight is 1280 g/mol. The molecular weight excluding hydrogens is 1130 g/mol. The van der Waals surface area contributed by atoms with Crippen molar-refractivity contribution >= 4 is 47.5 Å². The van der Waals surface area contributed by atoms with Crippen LogP contribution in [-0.2, 0) is 61.9 Å². The van der Waals surface area contributed by atoms with Crippen LogP contribution in [0.5, 0.6) is 0 Å². The van der Waals surface area contributed by atoms with Gasteiger partial charge in [0, 0.05) is 45.1 Å². The van der Waals surface area contributed by atoms with Crippen molar-refractivity contribution in [2.45, 2.75) is 347 Å². The molecule has 2 N–H and O–H groups in total. The van der Waals surface area contributed by atoms with Gasteiger partial charge in [-0.3, -0.25) is 28.8 Å². The van der Waals surface area contributed by atoms with Crippen LogP contribution in [0.4, 0.5) is 0 Å². The van der Waals surface area contributed by atoms with E-state index in [1.54, 1.807) is 69.2 Å². The maximum absolute atomic E-state index is 11.6. The second-order valence-electron chi connectivity index (χ2n) is 33.6. The van der Waals surface area contributed by atoms with Crippen molar-refractivity contribution in [3.8, 4) is 0 Å². The Balaban J connectivity index is -0.000000231. The molecule has 0 saturated heterocycles. The van der Waals surface area contributed by atoms with Crippen LogP contribution < -0.4 is 5.32 Å². The summed E-state index contributed by atoms with van der Waals surface area (Å²) in [7, 11) is 0. The number of nitrogens with one attached hydrogen (secondary N) is 1. The molecule has 0 aromatic rings. The summed E-state index contributed by atoms with van der Waals surface area (Å²) in [5, 5.41) is 12.9. The Morgan fingerprint density at radius 3 is 1.05 bits per heavy atom. The lowest BCUT2D eigenvalue weighted by Crippen LogP contribution is -2.36. The van der Waals surface area contributed by atoms with Crippen LogP contribution >= 0.6 is 11.8 Å². The molecular formula is C72H145NO14S. The number of hydrogen-bond donors (Lipinski definition) is 2. The van der Waals surface area contributed by atoms with E-state index in [2.05, 4.69) is 100 Å². The minimum Gasteiger partial charge on any atom is -0.463 e. The molecule has 0 atom stereocenters. The number of carbonyl (C=O) groups is 6. The molecule has 0 heterocycles. The maximum Gasteiger partial charge on any atom is 0.311 e. The smallest absolute Gasteiger partial charge is 0.311 e. The highest BCUT2D eigenvalue weighted by molar-refractivity contribution is 7.99. The standard InChI is InChI=1S/C14H26O5.C14H30O.C14H30S.C12H25NO2.C10H18O4.C8H16O2/c1-12(2,3)18-10(15)8-14(7,17)9-11(16)19-13(4,5)6;2*1-13(2,3)9-7-11-15-12-8-10-14(4,5)6;1-11(2,3)10(14)13-8-7-9-15-12(4,5)6;1-6(2)9(11)13-8(5)14-10(12)7(3)4;1-6(2)5-8(9)10-7(3)4/h17H,8-9H2,1-7H3;2*7-12H2,1-6H3;7-9H2,1-6H3,(H,13,14);6-8H,1-5H3;6-7H,5H2,1-4H3. The quantitative estimate of drug-likeness (QED) is 0.0340. The predicted molar refractivity (Wildman–Crippen MR) is 369 cm³/mol. The van der Waals surface area contributed by atoms with Gasteiger partial charge < -0.3 is 43.6 Å². The number of hydrogen-bond acceptors (Lipinski definition) is 15. The fraction of sp³-hybridized carbons (Fsp3) is 0.917. The van der Waals surface area contributed by atoms with Gasteiger partial charge in [-0.1, -0.05) is 145 Å². The summed E-state index contributed by atoms with van der Waals surface area (Å²) in [4.78, 5) is 67.7. The first-order chi connectivity index (χ1) is 39.1. The van der Waals surface area contributed by atoms with E-state index in [-0.39, 0.29) is 65.6 Å². The van der Waals surface area contributed by atoms with Crippen molar-refractivity contribution in [3.63, 3.8) is 0 Å². The SMILES string of the molecule is CC(C)(C)CCCOCCCC(C)(C)C.CC(C)(C)CCCSCCCC(C)(C)C.CC(C)(C)OCCCNC(=O)C(C)(C)C.CC(C)CC(=O)OC(C)C.CC(O)(CC(=O)OC(C)(C)C)CC(=O)OC(C)(C)C.CC(OC(=O)C(C)C)OC(=O)C(C)C. The van der Waals surface area contributed by atoms with E-state index in [1.165, 1.54) is 76.7 Å². The molecule has 0 fully saturated rings. The highest BCUT2D eigenvalue weighted by atomic mass is 32.2. The zero-order chi connectivity index (χ0) is 70.9. The second-order valence-corrected chi connectivity index (χ2v) is 34.8. The Morgan fingerprint density at radius 2 is 0.773 bits per heavy atom. The van der Waals surface area contributed by atoms with Gasteiger partial charge in [0.25, 0.3) is 0 Å². The second kappa shape index (κ2) is 47.0. The molecule has 88 heavy (non-hydrogen) atoms. The van der Waals surface area contributed by atoms with Gasteiger partial charge in [0.15, 0.2) is 0 Å². The van der Waals surface area contributed by atoms with E-state index in [0.717, 1.165) is 19.6 Å². The highest BCUT2D eigenvalue weighted by Gasteiger charge is 2.32. The van der Waals surface area contributed by atoms with Crippen molar-refractivity contribution in [2.24, 2.45) is 44.8 Å². The summed E-state index contributed by atoms with van der Waals surface area (Å²) in [5.74, 6) is 0.855. The van der Waals surface area contributed by atoms with Crippen LogP contribution in [0.25, 0.3) is 0 Å². The maximum atomic E-state index is 11.6. The van der Waals surface area contributed by atoms with Gasteiger partial charge in [0.1, 0.15) is 11.2 Å². The molecule has 15 nitrogen and oxygen atoms in total. The number of thioether (sulfide) groups is 1. The Bertz CT molecular complexity index is 1680. The van der Waals surface area contributed by atoms with E-state index in [0.29, 0.717) is 47.2 Å². The Kier molecular flexibility index (Phi) is 51.4. The number of ether oxygens (including phenoxy) is 7. The largest absolute Gasteiger partial charge is 0.463 e. The molecule has 16 heteroatoms. The Morgan fingerprint density at radius 1 is 0.432 bits per heavy atom. The molecule has 0 aliphatic heterocycles. The van der Waals surface area contributed by atoms with E-state index in [9.17, 15) is 33.9 Å². The van der Waals surface area contributed by atoms with Crippen LogP contribution in [0.2, 0.25) is 0 Å². The van der Waals surface area contributed by atoms with Gasteiger partial charge in [-0.15, -0.1) is 0 Å². The molecule has 0 bridgehead atoms. The van der Waals surface area contributed by atoms with Crippen molar-refractivity contribution in [1.82, 2.24) is 5.32 Å². The van der Waals surface area contributed by atoms with E-state index < -0.39 is 35.0 Å². The topological polar surface area (TPSA) is 199 Å². The number of rotatable bonds is 27. The lowest BCUT2D eigenvalue weighted by molar-refractivity contribution is -0.189. The number of carbonyl (C=O) groups excluding carboxylic acids is 6. The van der Waals surface area contributed by atoms with Crippen molar-refractivity contribution in [1.29, 1.82) is 0 Å². The fourth-order valence-electron chi connectivity index (χ4n) is 6.65. The molecule has 0 aromatic carbocycles. The summed E-state index contributed by atoms with van der Waals surface area (Å²) in [6.45, 7) is 70.8. The molecule has 0 aromatic heterocycles. The summed E-state index contributed by atoms with van der Waals surface area (Å²) in [5.41, 5.74) is -1.14. The number of amides is 1. The molecule has 0 unspecified atom stereocenters. The van der Waals surface area contributed by atoms with Crippen molar-refractivity contribution in [2.75, 3.05) is 37.9 Å². The van der Waals surface area contributed by atoms with Crippen LogP contribution in [-0.4, -0.2) is 114 Å². The third kappa shape index (κ3) is 87.3. The zero-order valence-corrected chi connectivity index (χ0v) is 64.6. The van der Waals surface area contributed by atoms with Crippen molar-refractivity contribution in [3.05, 3.63) is 0 Å². The average Bonchev–Trinajstić information content (AvgIpc) is 3.24. The van der Waals surface area contributed by atoms with E-state index in [4.69, 9.17) is 33.2 Å². The first-order valence-electron chi connectivity index (χ1n) is 32.9. The Labute approximate surface area is 547 Å². The molecule has 0 rings (SSSR count). The molecule has 0 saturated carbocycles. The van der Waals surface area contributed by atoms with Gasteiger partial charge in [-0.2, -0.15) is 11.8 Å². The number of aliphatic hydroxyl groups is 1. The van der Waals surface area contributed by atoms with Gasteiger partial charge in [-0.05, 0) is 180 Å². The van der Waals surface area contributed by atoms with Crippen LogP contribution in [0.3, 0.4) is 0 Å². The summed E-state index contributed by atoms with van der Waals surface area (Å²) in [6, 6.07) is 0. The fourth-order valence-corrected chi connectivity index (χ4v) is 7.55. The van der Waals surface area contributed by atoms with Crippen LogP contribution in [0.1, 0.15) is 312 Å². The zero-order valence-electron chi connectivity index (χ0n) is 63.8. The minimum atomic E-state index is -1.47. The minimum absolute atomic E-state index is 0.0197. The van der Waals surface area contributed by atoms with E-state index in [1.807, 2.05) is 69.2 Å². The van der Waals surface area contributed by atoms with E-state index >= 15 is 0 Å². The van der Waals surface area contributed by atoms with Crippen LogP contribution in [0, 0.1) is 44.8 Å². The molecule has 0 spiro atoms. The summed E-state index contributed by atoms with van der Waals surface area (Å²) in [6.07, 6.45) is 10.5. The predicted octanol–water partition coefficient (Wildman–Crippen LogP) is 18.3. The van der Waals surface area contributed by atoms with Gasteiger partial charge in [-0.25, -0.2) is 0 Å². The Hall–Kier alpha value is -2.95. The molecule has 528 valence electrons. The summed E-state index contributed by atoms with van der Waals surface area (Å²) < 4.78 is 36.0. The monoisotopic (exact) mass is 1280 g/mol. The summed E-state index contributed by atoms with van der Waals surface area (Å²) >= 11 is 2.13. The molecule has 0 radical (unpaired) electrons. The van der Waals surface area contributed by atoms with Gasteiger partial charge in [0.05, 0.1) is 42.0 Å². The van der Waals surface area contributed by atoms with Gasteiger partial charge in [0.2, 0.25) is 12.2 Å². The third-order valence-corrected chi connectivity index (χ3v) is 12.2. The normalized spacial score (nSPS) is 12.4. The molecule has 0 aliphatic rings. The van der Waals surface area contributed by atoms with Crippen molar-refractivity contribution < 1.29 is 67.0 Å². The third-order valence-electron chi connectivity index (χ3n) is 11.0. The lowest BCUT2D eigenvalue weighted by atomic mass is 9.90. The molecule has 1 amide bonds. The lowest BCUT2D eigenvalue weighted by Gasteiger charge is -2.26. The van der Waals surface area contributed by atoms with Gasteiger partial charge >= 0.3 is 29.8 Å².